The molecule has 3 heterocycles. The van der Waals surface area contributed by atoms with Gasteiger partial charge in [-0.3, -0.25) is 24.1 Å². The van der Waals surface area contributed by atoms with E-state index in [0.29, 0.717) is 25.6 Å². The van der Waals surface area contributed by atoms with Crippen molar-refractivity contribution in [3.8, 4) is 0 Å². The molecule has 3 aliphatic rings. The largest absolute Gasteiger partial charge is 0.388 e. The fourth-order valence-electron chi connectivity index (χ4n) is 4.49. The minimum absolute atomic E-state index is 0.0182. The maximum atomic E-state index is 12.4. The number of likely N-dealkylation sites (tertiary alicyclic amines) is 1. The molecule has 0 spiro atoms. The highest BCUT2D eigenvalue weighted by molar-refractivity contribution is 8.00. The van der Waals surface area contributed by atoms with Gasteiger partial charge in [-0.05, 0) is 6.92 Å². The summed E-state index contributed by atoms with van der Waals surface area (Å²) in [5, 5.41) is 22.9. The number of nitrogens with one attached hydrogen (secondary N) is 1. The Morgan fingerprint density at radius 1 is 1.07 bits per heavy atom. The second kappa shape index (κ2) is 16.2. The summed E-state index contributed by atoms with van der Waals surface area (Å²) in [6.07, 6.45) is -3.33. The molecule has 3 aliphatic heterocycles. The molecule has 0 aromatic carbocycles. The Morgan fingerprint density at radius 2 is 1.68 bits per heavy atom. The van der Waals surface area contributed by atoms with E-state index in [1.807, 2.05) is 0 Å². The van der Waals surface area contributed by atoms with Crippen molar-refractivity contribution in [1.29, 1.82) is 0 Å². The molecule has 2 bridgehead atoms. The predicted octanol–water partition coefficient (Wildman–Crippen LogP) is -2.82. The van der Waals surface area contributed by atoms with Crippen LogP contribution in [0.25, 0.3) is 0 Å². The van der Waals surface area contributed by atoms with E-state index in [9.17, 15) is 29.4 Å². The number of imide groups is 1. The van der Waals surface area contributed by atoms with Gasteiger partial charge in [-0.1, -0.05) is 0 Å². The van der Waals surface area contributed by atoms with Gasteiger partial charge in [0.15, 0.2) is 6.29 Å². The van der Waals surface area contributed by atoms with E-state index in [1.54, 1.807) is 0 Å². The van der Waals surface area contributed by atoms with Crippen molar-refractivity contribution in [3.63, 3.8) is 0 Å². The minimum atomic E-state index is -1.30. The Morgan fingerprint density at radius 3 is 2.29 bits per heavy atom. The summed E-state index contributed by atoms with van der Waals surface area (Å²) in [5.74, 6) is -0.784. The van der Waals surface area contributed by atoms with Gasteiger partial charge in [0.25, 0.3) is 0 Å². The first-order valence-electron chi connectivity index (χ1n) is 13.5. The maximum Gasteiger partial charge on any atom is 0.242 e. The van der Waals surface area contributed by atoms with Gasteiger partial charge in [0.2, 0.25) is 17.7 Å². The van der Waals surface area contributed by atoms with Crippen molar-refractivity contribution in [2.75, 3.05) is 71.8 Å². The number of fused-ring (bicyclic) bond motifs is 2. The first kappa shape index (κ1) is 33.8. The highest BCUT2D eigenvalue weighted by atomic mass is 32.2. The second-order valence-electron chi connectivity index (χ2n) is 10.0. The average molecular weight is 608 g/mol. The van der Waals surface area contributed by atoms with Crippen LogP contribution >= 0.6 is 11.8 Å². The Hall–Kier alpha value is -1.73. The SMILES string of the molecule is CC(=O)N[C@H]1C(O)C(O)[C@]2(COCCOCCOCCOCCN3C(=O)CC(SC[C@H](N)C(C)=O)C3=O)CO[C@H]1O2. The van der Waals surface area contributed by atoms with Crippen LogP contribution in [0.5, 0.6) is 0 Å². The van der Waals surface area contributed by atoms with Crippen molar-refractivity contribution >= 4 is 35.3 Å². The molecule has 3 fully saturated rings. The number of nitrogens with zero attached hydrogens (tertiary/aromatic N) is 1. The maximum absolute atomic E-state index is 12.4. The molecule has 3 amide bonds. The predicted molar refractivity (Wildman–Crippen MR) is 143 cm³/mol. The first-order valence-corrected chi connectivity index (χ1v) is 14.6. The average Bonchev–Trinajstić information content (AvgIpc) is 3.45. The number of ketones is 1. The molecule has 15 nitrogen and oxygen atoms in total. The lowest BCUT2D eigenvalue weighted by Crippen LogP contribution is -2.66. The van der Waals surface area contributed by atoms with Gasteiger partial charge >= 0.3 is 0 Å². The summed E-state index contributed by atoms with van der Waals surface area (Å²) in [6.45, 7) is 4.76. The summed E-state index contributed by atoms with van der Waals surface area (Å²) >= 11 is 1.23. The number of amides is 3. The quantitative estimate of drug-likeness (QED) is 0.0864. The lowest BCUT2D eigenvalue weighted by Gasteiger charge is -2.42. The summed E-state index contributed by atoms with van der Waals surface area (Å²) in [4.78, 5) is 48.3. The molecule has 7 atom stereocenters. The van der Waals surface area contributed by atoms with Crippen LogP contribution in [0.15, 0.2) is 0 Å². The van der Waals surface area contributed by atoms with E-state index >= 15 is 0 Å². The molecule has 0 saturated carbocycles. The van der Waals surface area contributed by atoms with Crippen molar-refractivity contribution in [2.24, 2.45) is 5.73 Å². The number of aliphatic hydroxyl groups excluding tert-OH is 2. The second-order valence-corrected chi connectivity index (χ2v) is 11.3. The van der Waals surface area contributed by atoms with E-state index < -0.39 is 41.4 Å². The summed E-state index contributed by atoms with van der Waals surface area (Å²) < 4.78 is 33.2. The van der Waals surface area contributed by atoms with Crippen LogP contribution < -0.4 is 11.1 Å². The third-order valence-corrected chi connectivity index (χ3v) is 8.18. The number of Topliss-reactive ketones (excluding diaryl/α,β-unsaturated/α-hetero) is 1. The number of ether oxygens (including phenoxy) is 6. The van der Waals surface area contributed by atoms with Gasteiger partial charge < -0.3 is 49.7 Å². The van der Waals surface area contributed by atoms with Gasteiger partial charge in [0.1, 0.15) is 29.6 Å². The lowest BCUT2D eigenvalue weighted by atomic mass is 9.88. The van der Waals surface area contributed by atoms with Crippen LogP contribution in [-0.4, -0.2) is 152 Å². The van der Waals surface area contributed by atoms with Gasteiger partial charge in [-0.15, -0.1) is 11.8 Å². The number of aliphatic hydroxyl groups is 2. The van der Waals surface area contributed by atoms with Crippen molar-refractivity contribution in [1.82, 2.24) is 10.2 Å². The van der Waals surface area contributed by atoms with Crippen LogP contribution in [0, 0.1) is 0 Å². The van der Waals surface area contributed by atoms with E-state index in [4.69, 9.17) is 34.2 Å². The molecular formula is C25H41N3O12S. The molecule has 3 saturated heterocycles. The van der Waals surface area contributed by atoms with Crippen LogP contribution in [0.1, 0.15) is 20.3 Å². The minimum Gasteiger partial charge on any atom is -0.388 e. The Labute approximate surface area is 242 Å². The molecule has 16 heteroatoms. The number of rotatable bonds is 19. The van der Waals surface area contributed by atoms with E-state index in [0.717, 1.165) is 0 Å². The van der Waals surface area contributed by atoms with Gasteiger partial charge in [0.05, 0.1) is 77.3 Å². The number of carbonyl (C=O) groups is 4. The Kier molecular flexibility index (Phi) is 13.3. The smallest absolute Gasteiger partial charge is 0.242 e. The van der Waals surface area contributed by atoms with E-state index in [-0.39, 0.29) is 76.1 Å². The summed E-state index contributed by atoms with van der Waals surface area (Å²) in [5.41, 5.74) is 4.47. The number of carbonyl (C=O) groups excluding carboxylic acids is 4. The molecule has 0 aliphatic carbocycles. The molecule has 0 aromatic rings. The molecular weight excluding hydrogens is 566 g/mol. The number of hydrogen-bond acceptors (Lipinski definition) is 14. The highest BCUT2D eigenvalue weighted by Gasteiger charge is 2.59. The van der Waals surface area contributed by atoms with Gasteiger partial charge in [0, 0.05) is 19.1 Å². The first-order chi connectivity index (χ1) is 19.6. The highest BCUT2D eigenvalue weighted by Crippen LogP contribution is 2.37. The summed E-state index contributed by atoms with van der Waals surface area (Å²) in [7, 11) is 0. The van der Waals surface area contributed by atoms with Crippen LogP contribution in [-0.2, 0) is 47.6 Å². The molecule has 0 radical (unpaired) electrons. The number of nitrogens with two attached hydrogens (primary N) is 1. The molecule has 3 rings (SSSR count). The fourth-order valence-corrected chi connectivity index (χ4v) is 5.69. The van der Waals surface area contributed by atoms with Gasteiger partial charge in [-0.25, -0.2) is 0 Å². The topological polar surface area (TPSA) is 205 Å². The van der Waals surface area contributed by atoms with E-state index in [2.05, 4.69) is 5.32 Å². The van der Waals surface area contributed by atoms with Crippen molar-refractivity contribution in [3.05, 3.63) is 0 Å². The molecule has 5 N–H and O–H groups in total. The third kappa shape index (κ3) is 9.38. The Balaban J connectivity index is 1.16. The Bertz CT molecular complexity index is 913. The van der Waals surface area contributed by atoms with Crippen LogP contribution in [0.2, 0.25) is 0 Å². The zero-order valence-electron chi connectivity index (χ0n) is 23.4. The fraction of sp³-hybridized carbons (Fsp3) is 0.840. The standard InChI is InChI=1S/C25H41N3O12S/c1-15(29)17(26)12-41-18-11-19(31)28(23(18)34)3-4-35-5-6-36-7-8-37-9-10-38-13-25-14-39-24(40-25)20(27-16(2)30)21(32)22(25)33/h17-18,20-22,24,32-33H,3-14,26H2,1-2H3,(H,27,30)/t17-,18?,20-,21?,22?,24-,25-/m0/s1. The number of hydrogen-bond donors (Lipinski definition) is 4. The zero-order chi connectivity index (χ0) is 30.0. The molecule has 3 unspecified atom stereocenters. The van der Waals surface area contributed by atoms with E-state index in [1.165, 1.54) is 30.5 Å². The molecule has 0 aromatic heterocycles. The normalized spacial score (nSPS) is 30.2. The van der Waals surface area contributed by atoms with Crippen molar-refractivity contribution < 1.29 is 57.8 Å². The monoisotopic (exact) mass is 607 g/mol. The van der Waals surface area contributed by atoms with Crippen molar-refractivity contribution in [2.45, 2.75) is 61.7 Å². The summed E-state index contributed by atoms with van der Waals surface area (Å²) in [6, 6.07) is -1.52. The molecule has 234 valence electrons. The lowest BCUT2D eigenvalue weighted by molar-refractivity contribution is -0.238. The van der Waals surface area contributed by atoms with Crippen LogP contribution in [0.3, 0.4) is 0 Å². The molecule has 41 heavy (non-hydrogen) atoms. The van der Waals surface area contributed by atoms with Gasteiger partial charge in [-0.2, -0.15) is 0 Å². The van der Waals surface area contributed by atoms with Crippen LogP contribution in [0.4, 0.5) is 0 Å². The third-order valence-electron chi connectivity index (χ3n) is 6.86. The number of thioether (sulfide) groups is 1. The zero-order valence-corrected chi connectivity index (χ0v) is 24.2.